The standard InChI is InChI=1S/C18H26NO10P/c1-25-14-5-3-2-4-12(14)6-7-17(20)28-15-8-9-26-11-16(15)29-30(23,24)27-10-13(19)18(21)22/h2-5,13,15-16H,6-11,19H2,1H3,(H,21,22)(H,23,24)/t13-,15-,16-/m0/s1. The van der Waals surface area contributed by atoms with Crippen LogP contribution in [0.15, 0.2) is 24.3 Å². The third-order valence-corrected chi connectivity index (χ3v) is 5.33. The topological polar surface area (TPSA) is 164 Å². The average molecular weight is 447 g/mol. The molecule has 1 aliphatic rings. The first kappa shape index (κ1) is 24.3. The van der Waals surface area contributed by atoms with Crippen LogP contribution in [-0.4, -0.2) is 67.1 Å². The van der Waals surface area contributed by atoms with E-state index in [1.165, 1.54) is 0 Å². The second-order valence-corrected chi connectivity index (χ2v) is 7.96. The Hall–Kier alpha value is -2.01. The molecule has 1 aromatic carbocycles. The maximum atomic E-state index is 12.3. The number of hydrogen-bond acceptors (Lipinski definition) is 9. The van der Waals surface area contributed by atoms with Crippen molar-refractivity contribution in [1.82, 2.24) is 0 Å². The summed E-state index contributed by atoms with van der Waals surface area (Å²) in [5.74, 6) is -1.24. The molecular weight excluding hydrogens is 421 g/mol. The third-order valence-electron chi connectivity index (χ3n) is 4.32. The predicted octanol–water partition coefficient (Wildman–Crippen LogP) is 0.874. The molecule has 1 aliphatic heterocycles. The number of carbonyl (C=O) groups excluding carboxylic acids is 1. The molecule has 30 heavy (non-hydrogen) atoms. The van der Waals surface area contributed by atoms with Crippen molar-refractivity contribution in [3.8, 4) is 5.75 Å². The Balaban J connectivity index is 1.89. The molecule has 1 heterocycles. The number of hydrogen-bond donors (Lipinski definition) is 3. The Morgan fingerprint density at radius 2 is 2.07 bits per heavy atom. The number of phosphoric acid groups is 1. The van der Waals surface area contributed by atoms with Gasteiger partial charge >= 0.3 is 19.8 Å². The van der Waals surface area contributed by atoms with E-state index in [1.807, 2.05) is 18.2 Å². The molecule has 168 valence electrons. The highest BCUT2D eigenvalue weighted by Crippen LogP contribution is 2.46. The van der Waals surface area contributed by atoms with Gasteiger partial charge in [-0.3, -0.25) is 18.6 Å². The maximum absolute atomic E-state index is 12.3. The fourth-order valence-corrected chi connectivity index (χ4v) is 3.70. The highest BCUT2D eigenvalue weighted by Gasteiger charge is 2.37. The summed E-state index contributed by atoms with van der Waals surface area (Å²) < 4.78 is 37.6. The summed E-state index contributed by atoms with van der Waals surface area (Å²) in [7, 11) is -3.10. The Labute approximate surface area is 173 Å². The molecule has 12 heteroatoms. The van der Waals surface area contributed by atoms with Gasteiger partial charge in [-0.25, -0.2) is 4.57 Å². The highest BCUT2D eigenvalue weighted by atomic mass is 31.2. The largest absolute Gasteiger partial charge is 0.496 e. The van der Waals surface area contributed by atoms with Crippen molar-refractivity contribution < 1.29 is 47.4 Å². The Morgan fingerprint density at radius 3 is 2.77 bits per heavy atom. The van der Waals surface area contributed by atoms with E-state index in [4.69, 9.17) is 29.6 Å². The van der Waals surface area contributed by atoms with Crippen LogP contribution in [0, 0.1) is 0 Å². The zero-order valence-corrected chi connectivity index (χ0v) is 17.4. The van der Waals surface area contributed by atoms with Gasteiger partial charge in [-0.1, -0.05) is 18.2 Å². The van der Waals surface area contributed by atoms with E-state index >= 15 is 0 Å². The van der Waals surface area contributed by atoms with E-state index in [2.05, 4.69) is 4.52 Å². The summed E-state index contributed by atoms with van der Waals surface area (Å²) >= 11 is 0. The number of methoxy groups -OCH3 is 1. The number of phosphoric ester groups is 1. The van der Waals surface area contributed by atoms with Crippen LogP contribution < -0.4 is 10.5 Å². The number of carboxylic acid groups (broad SMARTS) is 1. The molecule has 4 atom stereocenters. The van der Waals surface area contributed by atoms with Gasteiger partial charge in [0.1, 0.15) is 24.0 Å². The number of rotatable bonds is 11. The number of nitrogens with two attached hydrogens (primary N) is 1. The molecule has 0 bridgehead atoms. The van der Waals surface area contributed by atoms with Crippen LogP contribution >= 0.6 is 7.82 Å². The maximum Gasteiger partial charge on any atom is 0.472 e. The number of esters is 1. The lowest BCUT2D eigenvalue weighted by atomic mass is 10.1. The van der Waals surface area contributed by atoms with Gasteiger partial charge in [0.05, 0.1) is 26.9 Å². The van der Waals surface area contributed by atoms with Crippen molar-refractivity contribution in [2.45, 2.75) is 37.5 Å². The molecule has 1 aromatic rings. The molecule has 0 spiro atoms. The number of aliphatic carboxylic acids is 1. The monoisotopic (exact) mass is 447 g/mol. The quantitative estimate of drug-likeness (QED) is 0.326. The first-order chi connectivity index (χ1) is 14.2. The number of carbonyl (C=O) groups is 2. The van der Waals surface area contributed by atoms with E-state index in [-0.39, 0.29) is 26.1 Å². The minimum atomic E-state index is -4.64. The molecule has 11 nitrogen and oxygen atoms in total. The fourth-order valence-electron chi connectivity index (χ4n) is 2.75. The summed E-state index contributed by atoms with van der Waals surface area (Å²) in [5, 5.41) is 8.70. The Morgan fingerprint density at radius 1 is 1.33 bits per heavy atom. The summed E-state index contributed by atoms with van der Waals surface area (Å²) in [6.07, 6.45) is -1.14. The molecule has 4 N–H and O–H groups in total. The number of benzene rings is 1. The number of para-hydroxylation sites is 1. The zero-order chi connectivity index (χ0) is 22.1. The predicted molar refractivity (Wildman–Crippen MR) is 103 cm³/mol. The summed E-state index contributed by atoms with van der Waals surface area (Å²) in [6, 6.07) is 5.80. The van der Waals surface area contributed by atoms with E-state index in [1.54, 1.807) is 13.2 Å². The smallest absolute Gasteiger partial charge is 0.472 e. The van der Waals surface area contributed by atoms with Gasteiger partial charge in [0, 0.05) is 12.8 Å². The van der Waals surface area contributed by atoms with Crippen LogP contribution in [0.2, 0.25) is 0 Å². The van der Waals surface area contributed by atoms with Crippen LogP contribution in [0.5, 0.6) is 5.75 Å². The molecule has 2 rings (SSSR count). The molecule has 0 aromatic heterocycles. The lowest BCUT2D eigenvalue weighted by Gasteiger charge is -2.31. The molecule has 1 saturated heterocycles. The van der Waals surface area contributed by atoms with Crippen molar-refractivity contribution >= 4 is 19.8 Å². The first-order valence-corrected chi connectivity index (χ1v) is 10.7. The normalized spacial score (nSPS) is 22.0. The second kappa shape index (κ2) is 11.4. The minimum Gasteiger partial charge on any atom is -0.496 e. The molecule has 0 amide bonds. The van der Waals surface area contributed by atoms with Crippen LogP contribution in [0.4, 0.5) is 0 Å². The molecule has 0 aliphatic carbocycles. The SMILES string of the molecule is COc1ccccc1CCC(=O)O[C@H]1CCOC[C@@H]1OP(=O)(O)OC[C@H](N)C(=O)O. The second-order valence-electron chi connectivity index (χ2n) is 6.56. The van der Waals surface area contributed by atoms with Gasteiger partial charge in [-0.05, 0) is 18.1 Å². The number of aryl methyl sites for hydroxylation is 1. The lowest BCUT2D eigenvalue weighted by Crippen LogP contribution is -2.41. The van der Waals surface area contributed by atoms with Gasteiger partial charge in [-0.2, -0.15) is 0 Å². The van der Waals surface area contributed by atoms with Crippen LogP contribution in [-0.2, 0) is 39.1 Å². The van der Waals surface area contributed by atoms with Crippen molar-refractivity contribution in [2.24, 2.45) is 5.73 Å². The lowest BCUT2D eigenvalue weighted by molar-refractivity contribution is -0.164. The molecule has 0 saturated carbocycles. The first-order valence-electron chi connectivity index (χ1n) is 9.25. The van der Waals surface area contributed by atoms with Gasteiger partial charge < -0.3 is 29.9 Å². The Kier molecular flexibility index (Phi) is 9.22. The minimum absolute atomic E-state index is 0.0746. The molecular formula is C18H26NO10P. The van der Waals surface area contributed by atoms with Gasteiger partial charge in [0.2, 0.25) is 0 Å². The van der Waals surface area contributed by atoms with Crippen LogP contribution in [0.3, 0.4) is 0 Å². The summed E-state index contributed by atoms with van der Waals surface area (Å²) in [5.41, 5.74) is 6.08. The van der Waals surface area contributed by atoms with Crippen molar-refractivity contribution in [2.75, 3.05) is 26.9 Å². The highest BCUT2D eigenvalue weighted by molar-refractivity contribution is 7.47. The van der Waals surface area contributed by atoms with E-state index < -0.39 is 44.6 Å². The van der Waals surface area contributed by atoms with Crippen LogP contribution in [0.1, 0.15) is 18.4 Å². The number of ether oxygens (including phenoxy) is 3. The van der Waals surface area contributed by atoms with Crippen molar-refractivity contribution in [1.29, 1.82) is 0 Å². The van der Waals surface area contributed by atoms with Gasteiger partial charge in [0.15, 0.2) is 0 Å². The fraction of sp³-hybridized carbons (Fsp3) is 0.556. The molecule has 1 unspecified atom stereocenters. The van der Waals surface area contributed by atoms with E-state index in [0.29, 0.717) is 12.2 Å². The van der Waals surface area contributed by atoms with E-state index in [0.717, 1.165) is 5.56 Å². The third kappa shape index (κ3) is 7.67. The van der Waals surface area contributed by atoms with Gasteiger partial charge in [-0.15, -0.1) is 0 Å². The molecule has 1 fully saturated rings. The Bertz CT molecular complexity index is 773. The van der Waals surface area contributed by atoms with Crippen molar-refractivity contribution in [3.63, 3.8) is 0 Å². The summed E-state index contributed by atoms with van der Waals surface area (Å²) in [6.45, 7) is -0.534. The zero-order valence-electron chi connectivity index (χ0n) is 16.5. The summed E-state index contributed by atoms with van der Waals surface area (Å²) in [4.78, 5) is 32.8. The van der Waals surface area contributed by atoms with Crippen molar-refractivity contribution in [3.05, 3.63) is 29.8 Å². The average Bonchev–Trinajstić information content (AvgIpc) is 2.72. The molecule has 0 radical (unpaired) electrons. The number of carboxylic acids is 1. The van der Waals surface area contributed by atoms with E-state index in [9.17, 15) is 19.0 Å². The van der Waals surface area contributed by atoms with Gasteiger partial charge in [0.25, 0.3) is 0 Å². The van der Waals surface area contributed by atoms with Crippen LogP contribution in [0.25, 0.3) is 0 Å².